The Labute approximate surface area is 188 Å². The zero-order valence-corrected chi connectivity index (χ0v) is 17.9. The van der Waals surface area contributed by atoms with Gasteiger partial charge in [0.05, 0.1) is 9.85 Å². The summed E-state index contributed by atoms with van der Waals surface area (Å²) in [5, 5.41) is 28.9. The van der Waals surface area contributed by atoms with E-state index in [4.69, 9.17) is 0 Å². The molecule has 3 aliphatic rings. The summed E-state index contributed by atoms with van der Waals surface area (Å²) in [4.78, 5) is 43.1. The van der Waals surface area contributed by atoms with Gasteiger partial charge in [-0.15, -0.1) is 0 Å². The van der Waals surface area contributed by atoms with Crippen LogP contribution in [-0.2, 0) is 0 Å². The average Bonchev–Trinajstić information content (AvgIpc) is 3.68. The van der Waals surface area contributed by atoms with E-state index in [2.05, 4.69) is 30.6 Å². The van der Waals surface area contributed by atoms with Crippen molar-refractivity contribution in [3.63, 3.8) is 0 Å². The van der Waals surface area contributed by atoms with Crippen LogP contribution < -0.4 is 20.4 Å². The standard InChI is InChI=1S/C19H24N10O4/c30-28(31)14-10-20-18(24-16(14)22-12-2-3-12)26-6-1-7-27(9-8-26)19-21-11-15(29(32)33)17(25-19)23-13-4-5-13/h10-13H,1-9H2,(H,20,22,24)(H,21,23,25). The molecular formula is C19H24N10O4. The Morgan fingerprint density at radius 2 is 1.18 bits per heavy atom. The van der Waals surface area contributed by atoms with Crippen LogP contribution in [0.5, 0.6) is 0 Å². The van der Waals surface area contributed by atoms with E-state index in [-0.39, 0.29) is 35.1 Å². The van der Waals surface area contributed by atoms with Crippen molar-refractivity contribution in [1.29, 1.82) is 0 Å². The SMILES string of the molecule is O=[N+]([O-])c1cnc(N2CCCN(c3ncc([N+](=O)[O-])c(NC4CC4)n3)CC2)nc1NC1CC1. The Bertz CT molecular complexity index is 991. The summed E-state index contributed by atoms with van der Waals surface area (Å²) in [7, 11) is 0. The summed E-state index contributed by atoms with van der Waals surface area (Å²) in [5.41, 5.74) is -0.255. The molecule has 2 aromatic heterocycles. The molecule has 174 valence electrons. The van der Waals surface area contributed by atoms with Gasteiger partial charge in [-0.25, -0.2) is 9.97 Å². The fourth-order valence-corrected chi connectivity index (χ4v) is 3.68. The van der Waals surface area contributed by atoms with Crippen LogP contribution in [0.3, 0.4) is 0 Å². The number of rotatable bonds is 8. The molecule has 2 N–H and O–H groups in total. The number of aromatic nitrogens is 4. The van der Waals surface area contributed by atoms with Crippen LogP contribution in [0.25, 0.3) is 0 Å². The monoisotopic (exact) mass is 456 g/mol. The van der Waals surface area contributed by atoms with Crippen LogP contribution in [0.15, 0.2) is 12.4 Å². The Balaban J connectivity index is 1.32. The van der Waals surface area contributed by atoms with Crippen LogP contribution in [0.4, 0.5) is 34.9 Å². The maximum Gasteiger partial charge on any atom is 0.329 e. The maximum atomic E-state index is 11.3. The number of hydrogen-bond donors (Lipinski definition) is 2. The van der Waals surface area contributed by atoms with Crippen molar-refractivity contribution in [2.75, 3.05) is 46.6 Å². The molecule has 2 saturated carbocycles. The van der Waals surface area contributed by atoms with Gasteiger partial charge in [0.15, 0.2) is 0 Å². The van der Waals surface area contributed by atoms with Crippen molar-refractivity contribution in [3.8, 4) is 0 Å². The molecule has 14 heteroatoms. The zero-order valence-electron chi connectivity index (χ0n) is 17.9. The molecule has 0 amide bonds. The van der Waals surface area contributed by atoms with E-state index in [1.54, 1.807) is 0 Å². The van der Waals surface area contributed by atoms with Gasteiger partial charge in [-0.1, -0.05) is 0 Å². The number of nitro groups is 2. The summed E-state index contributed by atoms with van der Waals surface area (Å²) >= 11 is 0. The molecule has 1 aliphatic heterocycles. The highest BCUT2D eigenvalue weighted by Gasteiger charge is 2.29. The number of nitrogens with zero attached hydrogens (tertiary/aromatic N) is 8. The van der Waals surface area contributed by atoms with Crippen LogP contribution in [-0.4, -0.2) is 68.0 Å². The first-order valence-corrected chi connectivity index (χ1v) is 11.0. The summed E-state index contributed by atoms with van der Waals surface area (Å²) < 4.78 is 0. The number of nitrogens with one attached hydrogen (secondary N) is 2. The highest BCUT2D eigenvalue weighted by atomic mass is 16.6. The first kappa shape index (κ1) is 21.0. The summed E-state index contributed by atoms with van der Waals surface area (Å²) in [5.74, 6) is 1.38. The smallest absolute Gasteiger partial charge is 0.329 e. The van der Waals surface area contributed by atoms with Gasteiger partial charge < -0.3 is 20.4 Å². The van der Waals surface area contributed by atoms with E-state index < -0.39 is 9.85 Å². The second-order valence-electron chi connectivity index (χ2n) is 8.49. The fourth-order valence-electron chi connectivity index (χ4n) is 3.68. The minimum absolute atomic E-state index is 0.128. The van der Waals surface area contributed by atoms with E-state index in [0.29, 0.717) is 38.1 Å². The highest BCUT2D eigenvalue weighted by Crippen LogP contribution is 2.32. The van der Waals surface area contributed by atoms with Crippen molar-refractivity contribution >= 4 is 34.9 Å². The second-order valence-corrected chi connectivity index (χ2v) is 8.49. The Morgan fingerprint density at radius 1 is 0.758 bits per heavy atom. The molecule has 2 aliphatic carbocycles. The van der Waals surface area contributed by atoms with Gasteiger partial charge in [-0.3, -0.25) is 20.2 Å². The summed E-state index contributed by atoms with van der Waals surface area (Å²) in [6, 6.07) is 0.451. The molecule has 0 spiro atoms. The first-order valence-electron chi connectivity index (χ1n) is 11.0. The Morgan fingerprint density at radius 3 is 1.55 bits per heavy atom. The van der Waals surface area contributed by atoms with Crippen LogP contribution in [0, 0.1) is 20.2 Å². The van der Waals surface area contributed by atoms with Gasteiger partial charge in [-0.05, 0) is 32.1 Å². The van der Waals surface area contributed by atoms with E-state index >= 15 is 0 Å². The lowest BCUT2D eigenvalue weighted by atomic mass is 10.4. The average molecular weight is 456 g/mol. The molecule has 14 nitrogen and oxygen atoms in total. The molecule has 3 heterocycles. The molecule has 5 rings (SSSR count). The predicted octanol–water partition coefficient (Wildman–Crippen LogP) is 1.95. The van der Waals surface area contributed by atoms with Gasteiger partial charge in [0.25, 0.3) is 0 Å². The minimum atomic E-state index is -0.474. The third kappa shape index (κ3) is 4.83. The molecule has 0 radical (unpaired) electrons. The number of anilines is 4. The molecule has 1 saturated heterocycles. The molecule has 2 aromatic rings. The van der Waals surface area contributed by atoms with Crippen LogP contribution >= 0.6 is 0 Å². The summed E-state index contributed by atoms with van der Waals surface area (Å²) in [6.45, 7) is 2.45. The Kier molecular flexibility index (Phi) is 5.48. The van der Waals surface area contributed by atoms with Crippen LogP contribution in [0.2, 0.25) is 0 Å². The topological polar surface area (TPSA) is 168 Å². The van der Waals surface area contributed by atoms with Crippen molar-refractivity contribution in [1.82, 2.24) is 19.9 Å². The van der Waals surface area contributed by atoms with E-state index in [1.165, 1.54) is 12.4 Å². The zero-order chi connectivity index (χ0) is 22.9. The predicted molar refractivity (Wildman–Crippen MR) is 120 cm³/mol. The van der Waals surface area contributed by atoms with Gasteiger partial charge >= 0.3 is 11.4 Å². The lowest BCUT2D eigenvalue weighted by Crippen LogP contribution is -2.32. The quantitative estimate of drug-likeness (QED) is 0.438. The molecule has 0 aromatic carbocycles. The second kappa shape index (κ2) is 8.60. The summed E-state index contributed by atoms with van der Waals surface area (Å²) in [6.07, 6.45) is 7.17. The molecule has 0 atom stereocenters. The van der Waals surface area contributed by atoms with E-state index in [1.807, 2.05) is 9.80 Å². The van der Waals surface area contributed by atoms with Crippen molar-refractivity contribution in [2.45, 2.75) is 44.2 Å². The van der Waals surface area contributed by atoms with Crippen molar-refractivity contribution in [2.24, 2.45) is 0 Å². The lowest BCUT2D eigenvalue weighted by Gasteiger charge is -2.22. The van der Waals surface area contributed by atoms with E-state index in [9.17, 15) is 20.2 Å². The van der Waals surface area contributed by atoms with Crippen molar-refractivity contribution in [3.05, 3.63) is 32.6 Å². The third-order valence-corrected chi connectivity index (χ3v) is 5.80. The van der Waals surface area contributed by atoms with Crippen molar-refractivity contribution < 1.29 is 9.85 Å². The molecular weight excluding hydrogens is 432 g/mol. The normalized spacial score (nSPS) is 18.5. The molecule has 3 fully saturated rings. The van der Waals surface area contributed by atoms with Crippen LogP contribution in [0.1, 0.15) is 32.1 Å². The van der Waals surface area contributed by atoms with Gasteiger partial charge in [0, 0.05) is 38.3 Å². The van der Waals surface area contributed by atoms with Gasteiger partial charge in [0.1, 0.15) is 12.4 Å². The highest BCUT2D eigenvalue weighted by molar-refractivity contribution is 5.59. The third-order valence-electron chi connectivity index (χ3n) is 5.80. The molecule has 0 unspecified atom stereocenters. The fraction of sp³-hybridized carbons (Fsp3) is 0.579. The molecule has 0 bridgehead atoms. The minimum Gasteiger partial charge on any atom is -0.361 e. The van der Waals surface area contributed by atoms with E-state index in [0.717, 1.165) is 32.1 Å². The largest absolute Gasteiger partial charge is 0.361 e. The maximum absolute atomic E-state index is 11.3. The first-order chi connectivity index (χ1) is 16.0. The Hall–Kier alpha value is -3.84. The van der Waals surface area contributed by atoms with Gasteiger partial charge in [-0.2, -0.15) is 9.97 Å². The number of hydrogen-bond acceptors (Lipinski definition) is 12. The van der Waals surface area contributed by atoms with Gasteiger partial charge in [0.2, 0.25) is 23.5 Å². The lowest BCUT2D eigenvalue weighted by molar-refractivity contribution is -0.384. The molecule has 33 heavy (non-hydrogen) atoms.